The van der Waals surface area contributed by atoms with Gasteiger partial charge in [0.05, 0.1) is 56.5 Å². The number of hydrogen-bond acceptors (Lipinski definition) is 3. The summed E-state index contributed by atoms with van der Waals surface area (Å²) in [7, 11) is 0. The second-order valence-corrected chi connectivity index (χ2v) is 16.1. The van der Waals surface area contributed by atoms with Crippen LogP contribution in [-0.4, -0.2) is 19.1 Å². The summed E-state index contributed by atoms with van der Waals surface area (Å²) >= 11 is 0. The van der Waals surface area contributed by atoms with Gasteiger partial charge in [0.15, 0.2) is 5.82 Å². The van der Waals surface area contributed by atoms with E-state index in [2.05, 4.69) is 191 Å². The smallest absolute Gasteiger partial charge is 0.160 e. The van der Waals surface area contributed by atoms with Gasteiger partial charge in [-0.25, -0.2) is 9.97 Å². The number of aromatic nitrogens is 4. The van der Waals surface area contributed by atoms with Gasteiger partial charge < -0.3 is 9.13 Å². The molecule has 12 aromatic rings. The summed E-state index contributed by atoms with van der Waals surface area (Å²) in [4.78, 5) is 10.4. The first-order valence-corrected chi connectivity index (χ1v) is 21.5. The van der Waals surface area contributed by atoms with Crippen molar-refractivity contribution in [3.05, 3.63) is 230 Å². The van der Waals surface area contributed by atoms with E-state index in [4.69, 9.17) is 9.97 Å². The maximum atomic E-state index is 10.1. The van der Waals surface area contributed by atoms with Gasteiger partial charge in [-0.3, -0.25) is 0 Å². The third kappa shape index (κ3) is 6.08. The third-order valence-corrected chi connectivity index (χ3v) is 12.4. The van der Waals surface area contributed by atoms with Gasteiger partial charge in [0.1, 0.15) is 0 Å². The van der Waals surface area contributed by atoms with E-state index in [0.717, 1.165) is 94.5 Å². The molecule has 0 saturated heterocycles. The summed E-state index contributed by atoms with van der Waals surface area (Å²) in [5, 5.41) is 14.7. The van der Waals surface area contributed by atoms with E-state index in [0.29, 0.717) is 11.4 Å². The van der Waals surface area contributed by atoms with Crippen LogP contribution in [0.25, 0.3) is 111 Å². The Morgan fingerprint density at radius 2 is 0.812 bits per heavy atom. The summed E-state index contributed by atoms with van der Waals surface area (Å²) in [6.07, 6.45) is 0. The topological polar surface area (TPSA) is 59.4 Å². The predicted molar refractivity (Wildman–Crippen MR) is 263 cm³/mol. The van der Waals surface area contributed by atoms with Crippen LogP contribution < -0.4 is 0 Å². The Balaban J connectivity index is 1.15. The van der Waals surface area contributed by atoms with Crippen LogP contribution in [0.5, 0.6) is 0 Å². The fourth-order valence-electron chi connectivity index (χ4n) is 9.49. The monoisotopic (exact) mass is 815 g/mol. The van der Waals surface area contributed by atoms with Crippen molar-refractivity contribution in [2.75, 3.05) is 0 Å². The van der Waals surface area contributed by atoms with Gasteiger partial charge in [-0.15, -0.1) is 0 Å². The fraction of sp³-hybridized carbons (Fsp3) is 0. The number of benzene rings is 9. The van der Waals surface area contributed by atoms with Crippen molar-refractivity contribution in [3.63, 3.8) is 0 Å². The van der Waals surface area contributed by atoms with E-state index in [1.165, 1.54) is 10.8 Å². The Labute approximate surface area is 370 Å². The van der Waals surface area contributed by atoms with E-state index >= 15 is 0 Å². The highest BCUT2D eigenvalue weighted by atomic mass is 15.0. The first-order chi connectivity index (χ1) is 31.7. The molecule has 0 unspecified atom stereocenters. The molecule has 0 fully saturated rings. The summed E-state index contributed by atoms with van der Waals surface area (Å²) in [6, 6.07) is 81.0. The molecule has 298 valence electrons. The van der Waals surface area contributed by atoms with Crippen molar-refractivity contribution >= 4 is 43.6 Å². The van der Waals surface area contributed by atoms with Crippen LogP contribution in [0.15, 0.2) is 224 Å². The van der Waals surface area contributed by atoms with E-state index in [-0.39, 0.29) is 0 Å². The molecular weight excluding hydrogens is 779 g/mol. The number of hydrogen-bond donors (Lipinski definition) is 0. The lowest BCUT2D eigenvalue weighted by molar-refractivity contribution is 1.16. The largest absolute Gasteiger partial charge is 0.309 e. The molecule has 0 spiro atoms. The number of rotatable bonds is 7. The zero-order valence-corrected chi connectivity index (χ0v) is 34.6. The molecule has 3 heterocycles. The summed E-state index contributed by atoms with van der Waals surface area (Å²) < 4.78 is 4.81. The minimum Gasteiger partial charge on any atom is -0.309 e. The van der Waals surface area contributed by atoms with E-state index in [1.807, 2.05) is 48.5 Å². The molecule has 5 nitrogen and oxygen atoms in total. The molecule has 0 aliphatic rings. The molecule has 5 heteroatoms. The molecule has 0 saturated carbocycles. The van der Waals surface area contributed by atoms with Gasteiger partial charge in [-0.2, -0.15) is 5.26 Å². The minimum atomic E-state index is 0.653. The van der Waals surface area contributed by atoms with Crippen molar-refractivity contribution in [2.24, 2.45) is 0 Å². The van der Waals surface area contributed by atoms with Gasteiger partial charge in [0, 0.05) is 49.4 Å². The molecule has 0 bridgehead atoms. The van der Waals surface area contributed by atoms with Crippen molar-refractivity contribution in [1.82, 2.24) is 19.1 Å². The maximum absolute atomic E-state index is 10.1. The van der Waals surface area contributed by atoms with Gasteiger partial charge >= 0.3 is 0 Å². The van der Waals surface area contributed by atoms with Crippen LogP contribution >= 0.6 is 0 Å². The van der Waals surface area contributed by atoms with Crippen molar-refractivity contribution in [3.8, 4) is 73.6 Å². The van der Waals surface area contributed by atoms with Gasteiger partial charge in [-0.1, -0.05) is 164 Å². The van der Waals surface area contributed by atoms with Crippen LogP contribution in [0, 0.1) is 11.3 Å². The second-order valence-electron chi connectivity index (χ2n) is 16.1. The molecule has 0 aliphatic heterocycles. The van der Waals surface area contributed by atoms with E-state index in [9.17, 15) is 5.26 Å². The number of para-hydroxylation sites is 4. The zero-order chi connectivity index (χ0) is 42.6. The maximum Gasteiger partial charge on any atom is 0.160 e. The van der Waals surface area contributed by atoms with Crippen LogP contribution in [0.2, 0.25) is 0 Å². The summed E-state index contributed by atoms with van der Waals surface area (Å²) in [5.41, 5.74) is 15.9. The number of fused-ring (bicyclic) bond motifs is 6. The van der Waals surface area contributed by atoms with Crippen LogP contribution in [0.3, 0.4) is 0 Å². The molecule has 0 radical (unpaired) electrons. The van der Waals surface area contributed by atoms with Crippen molar-refractivity contribution in [1.29, 1.82) is 5.26 Å². The highest BCUT2D eigenvalue weighted by molar-refractivity contribution is 6.12. The Kier molecular flexibility index (Phi) is 8.81. The summed E-state index contributed by atoms with van der Waals surface area (Å²) in [5.74, 6) is 0.671. The first-order valence-electron chi connectivity index (χ1n) is 21.5. The number of nitrogens with zero attached hydrogens (tertiary/aromatic N) is 5. The first kappa shape index (κ1) is 37.0. The lowest BCUT2D eigenvalue weighted by Crippen LogP contribution is -2.02. The van der Waals surface area contributed by atoms with Crippen molar-refractivity contribution < 1.29 is 0 Å². The molecule has 64 heavy (non-hydrogen) atoms. The van der Waals surface area contributed by atoms with Gasteiger partial charge in [0.25, 0.3) is 0 Å². The molecule has 12 rings (SSSR count). The minimum absolute atomic E-state index is 0.653. The Hall–Kier alpha value is -8.85. The number of nitriles is 1. The molecular formula is C59H37N5. The zero-order valence-electron chi connectivity index (χ0n) is 34.6. The van der Waals surface area contributed by atoms with Gasteiger partial charge in [0.2, 0.25) is 0 Å². The average Bonchev–Trinajstić information content (AvgIpc) is 3.89. The Morgan fingerprint density at radius 3 is 1.47 bits per heavy atom. The SMILES string of the molecule is N#Cc1ccccc1-c1ccc2c(c1)c1ccccc1n2-c1ccc(-c2cc(-c3ccccc3)nc(-c3ccccc3)n2)cc1-c1ccccc1-n1c2ccccc2c2ccccc21. The predicted octanol–water partition coefficient (Wildman–Crippen LogP) is 14.9. The molecule has 0 aliphatic carbocycles. The second kappa shape index (κ2) is 15.3. The van der Waals surface area contributed by atoms with Crippen molar-refractivity contribution in [2.45, 2.75) is 0 Å². The molecule has 0 N–H and O–H groups in total. The molecule has 9 aromatic carbocycles. The van der Waals surface area contributed by atoms with Crippen LogP contribution in [-0.2, 0) is 0 Å². The van der Waals surface area contributed by atoms with Gasteiger partial charge in [-0.05, 0) is 71.8 Å². The Morgan fingerprint density at radius 1 is 0.328 bits per heavy atom. The highest BCUT2D eigenvalue weighted by Crippen LogP contribution is 2.43. The molecule has 0 atom stereocenters. The highest BCUT2D eigenvalue weighted by Gasteiger charge is 2.22. The molecule has 3 aromatic heterocycles. The fourth-order valence-corrected chi connectivity index (χ4v) is 9.49. The van der Waals surface area contributed by atoms with E-state index in [1.54, 1.807) is 0 Å². The lowest BCUT2D eigenvalue weighted by Gasteiger charge is -2.20. The Bertz CT molecular complexity index is 3690. The average molecular weight is 816 g/mol. The quantitative estimate of drug-likeness (QED) is 0.161. The van der Waals surface area contributed by atoms with Crippen LogP contribution in [0.4, 0.5) is 0 Å². The lowest BCUT2D eigenvalue weighted by atomic mass is 9.96. The van der Waals surface area contributed by atoms with Crippen LogP contribution in [0.1, 0.15) is 5.56 Å². The summed E-state index contributed by atoms with van der Waals surface area (Å²) in [6.45, 7) is 0. The van der Waals surface area contributed by atoms with E-state index < -0.39 is 0 Å². The molecule has 0 amide bonds. The normalized spacial score (nSPS) is 11.4. The third-order valence-electron chi connectivity index (χ3n) is 12.4. The standard InChI is InChI=1S/C59H37N5/c60-38-43-21-7-8-22-44(43)41-31-33-57-49(35-41)47-25-11-16-30-56(47)64(57)58-34-32-42(52-37-51(39-17-3-1-4-18-39)61-59(62-52)40-19-5-2-6-20-40)36-50(58)48-26-12-15-29-55(48)63-53-27-13-9-23-45(53)46-24-10-14-28-54(46)63/h1-37H.